The van der Waals surface area contributed by atoms with Crippen molar-refractivity contribution in [3.63, 3.8) is 0 Å². The summed E-state index contributed by atoms with van der Waals surface area (Å²) in [4.78, 5) is 12.3. The molecular weight excluding hydrogens is 388 g/mol. The Morgan fingerprint density at radius 3 is 2.04 bits per heavy atom. The number of sulfone groups is 1. The summed E-state index contributed by atoms with van der Waals surface area (Å²) in [5.74, 6) is -0.124. The van der Waals surface area contributed by atoms with E-state index in [1.165, 1.54) is 36.4 Å². The molecule has 0 aliphatic heterocycles. The molecule has 27 heavy (non-hydrogen) atoms. The van der Waals surface area contributed by atoms with Gasteiger partial charge in [0.15, 0.2) is 9.84 Å². The zero-order chi connectivity index (χ0) is 20.2. The lowest BCUT2D eigenvalue weighted by atomic mass is 10.1. The summed E-state index contributed by atoms with van der Waals surface area (Å²) in [6.45, 7) is 4.37. The highest BCUT2D eigenvalue weighted by atomic mass is 32.2. The summed E-state index contributed by atoms with van der Waals surface area (Å²) in [5, 5.41) is 2.75. The van der Waals surface area contributed by atoms with Gasteiger partial charge in [0.25, 0.3) is 15.9 Å². The normalized spacial score (nSPS) is 12.0. The van der Waals surface area contributed by atoms with Gasteiger partial charge >= 0.3 is 0 Å². The standard InChI is InChI=1S/C18H22N2O5S2/c1-13(2)12-19-18(21)16-6-4-5-7-17(16)20-27(24,25)15-10-8-14(9-11-15)26(3,22)23/h4-11,13,20H,12H2,1-3H3,(H,19,21). The Labute approximate surface area is 159 Å². The third kappa shape index (κ3) is 5.54. The van der Waals surface area contributed by atoms with Crippen LogP contribution in [0.1, 0.15) is 24.2 Å². The minimum atomic E-state index is -3.99. The van der Waals surface area contributed by atoms with Gasteiger partial charge in [0.1, 0.15) is 0 Å². The van der Waals surface area contributed by atoms with E-state index in [9.17, 15) is 21.6 Å². The lowest BCUT2D eigenvalue weighted by Crippen LogP contribution is -2.28. The van der Waals surface area contributed by atoms with E-state index in [-0.39, 0.29) is 32.9 Å². The highest BCUT2D eigenvalue weighted by Crippen LogP contribution is 2.21. The van der Waals surface area contributed by atoms with Gasteiger partial charge in [0.2, 0.25) is 0 Å². The van der Waals surface area contributed by atoms with Gasteiger partial charge in [-0.1, -0.05) is 26.0 Å². The molecule has 0 spiro atoms. The van der Waals surface area contributed by atoms with Crippen LogP contribution in [-0.4, -0.2) is 35.5 Å². The highest BCUT2D eigenvalue weighted by Gasteiger charge is 2.19. The molecule has 0 heterocycles. The Morgan fingerprint density at radius 2 is 1.48 bits per heavy atom. The van der Waals surface area contributed by atoms with Crippen molar-refractivity contribution in [2.24, 2.45) is 5.92 Å². The van der Waals surface area contributed by atoms with Crippen LogP contribution in [0, 0.1) is 5.92 Å². The lowest BCUT2D eigenvalue weighted by Gasteiger charge is -2.13. The molecule has 0 bridgehead atoms. The maximum absolute atomic E-state index is 12.6. The molecular formula is C18H22N2O5S2. The van der Waals surface area contributed by atoms with Gasteiger partial charge in [-0.2, -0.15) is 0 Å². The Balaban J connectivity index is 2.29. The van der Waals surface area contributed by atoms with E-state index in [1.54, 1.807) is 12.1 Å². The van der Waals surface area contributed by atoms with Crippen molar-refractivity contribution in [2.45, 2.75) is 23.6 Å². The second-order valence-electron chi connectivity index (χ2n) is 6.50. The van der Waals surface area contributed by atoms with E-state index in [1.807, 2.05) is 13.8 Å². The number of carbonyl (C=O) groups excluding carboxylic acids is 1. The number of hydrogen-bond donors (Lipinski definition) is 2. The quantitative estimate of drug-likeness (QED) is 0.728. The largest absolute Gasteiger partial charge is 0.352 e. The Hall–Kier alpha value is -2.39. The third-order valence-electron chi connectivity index (χ3n) is 3.65. The van der Waals surface area contributed by atoms with Gasteiger partial charge in [-0.25, -0.2) is 16.8 Å². The van der Waals surface area contributed by atoms with Gasteiger partial charge in [-0.3, -0.25) is 9.52 Å². The second kappa shape index (κ2) is 8.10. The SMILES string of the molecule is CC(C)CNC(=O)c1ccccc1NS(=O)(=O)c1ccc(S(C)(=O)=O)cc1. The molecule has 146 valence electrons. The molecule has 0 aliphatic carbocycles. The predicted octanol–water partition coefficient (Wildman–Crippen LogP) is 2.28. The molecule has 0 unspecified atom stereocenters. The van der Waals surface area contributed by atoms with Crippen LogP contribution in [0.15, 0.2) is 58.3 Å². The van der Waals surface area contributed by atoms with Crippen LogP contribution < -0.4 is 10.0 Å². The molecule has 0 saturated carbocycles. The molecule has 0 atom stereocenters. The first-order valence-corrected chi connectivity index (χ1v) is 11.6. The van der Waals surface area contributed by atoms with Crippen molar-refractivity contribution in [1.29, 1.82) is 0 Å². The average Bonchev–Trinajstić information content (AvgIpc) is 2.59. The summed E-state index contributed by atoms with van der Waals surface area (Å²) in [6.07, 6.45) is 1.04. The number of nitrogens with one attached hydrogen (secondary N) is 2. The van der Waals surface area contributed by atoms with Crippen LogP contribution in [-0.2, 0) is 19.9 Å². The van der Waals surface area contributed by atoms with Gasteiger partial charge in [0.05, 0.1) is 21.0 Å². The van der Waals surface area contributed by atoms with E-state index < -0.39 is 19.9 Å². The number of anilines is 1. The van der Waals surface area contributed by atoms with Crippen LogP contribution in [0.25, 0.3) is 0 Å². The number of benzene rings is 2. The topological polar surface area (TPSA) is 109 Å². The van der Waals surface area contributed by atoms with Crippen LogP contribution in [0.2, 0.25) is 0 Å². The van der Waals surface area contributed by atoms with Crippen molar-refractivity contribution < 1.29 is 21.6 Å². The first-order valence-electron chi connectivity index (χ1n) is 8.21. The summed E-state index contributed by atoms with van der Waals surface area (Å²) >= 11 is 0. The monoisotopic (exact) mass is 410 g/mol. The predicted molar refractivity (Wildman–Crippen MR) is 104 cm³/mol. The van der Waals surface area contributed by atoms with Crippen LogP contribution in [0.3, 0.4) is 0 Å². The average molecular weight is 411 g/mol. The summed E-state index contributed by atoms with van der Waals surface area (Å²) in [6, 6.07) is 11.1. The number of sulfonamides is 1. The number of amides is 1. The fourth-order valence-corrected chi connectivity index (χ4v) is 3.94. The number of para-hydroxylation sites is 1. The fourth-order valence-electron chi connectivity index (χ4n) is 2.23. The van der Waals surface area contributed by atoms with E-state index in [2.05, 4.69) is 10.0 Å². The molecule has 2 aromatic rings. The number of rotatable bonds is 7. The van der Waals surface area contributed by atoms with E-state index in [0.29, 0.717) is 6.54 Å². The molecule has 0 fully saturated rings. The van der Waals surface area contributed by atoms with Crippen LogP contribution >= 0.6 is 0 Å². The third-order valence-corrected chi connectivity index (χ3v) is 6.16. The van der Waals surface area contributed by atoms with E-state index in [0.717, 1.165) is 6.26 Å². The lowest BCUT2D eigenvalue weighted by molar-refractivity contribution is 0.0950. The molecule has 1 amide bonds. The van der Waals surface area contributed by atoms with Gasteiger partial charge in [-0.15, -0.1) is 0 Å². The summed E-state index contributed by atoms with van der Waals surface area (Å²) in [7, 11) is -7.41. The first kappa shape index (κ1) is 20.9. The van der Waals surface area contributed by atoms with Crippen molar-refractivity contribution >= 4 is 31.5 Å². The molecule has 0 aromatic heterocycles. The molecule has 7 nitrogen and oxygen atoms in total. The minimum Gasteiger partial charge on any atom is -0.352 e. The second-order valence-corrected chi connectivity index (χ2v) is 10.2. The minimum absolute atomic E-state index is 0.0231. The van der Waals surface area contributed by atoms with Crippen molar-refractivity contribution in [3.8, 4) is 0 Å². The number of hydrogen-bond acceptors (Lipinski definition) is 5. The molecule has 2 aromatic carbocycles. The summed E-state index contributed by atoms with van der Waals surface area (Å²) < 4.78 is 50.6. The zero-order valence-electron chi connectivity index (χ0n) is 15.3. The van der Waals surface area contributed by atoms with E-state index >= 15 is 0 Å². The van der Waals surface area contributed by atoms with Gasteiger partial charge in [0, 0.05) is 12.8 Å². The maximum Gasteiger partial charge on any atom is 0.261 e. The molecule has 0 aliphatic rings. The summed E-state index contributed by atoms with van der Waals surface area (Å²) in [5.41, 5.74) is 0.348. The molecule has 0 saturated heterocycles. The smallest absolute Gasteiger partial charge is 0.261 e. The Bertz CT molecular complexity index is 1030. The highest BCUT2D eigenvalue weighted by molar-refractivity contribution is 7.92. The fraction of sp³-hybridized carbons (Fsp3) is 0.278. The van der Waals surface area contributed by atoms with Gasteiger partial charge in [-0.05, 0) is 42.3 Å². The van der Waals surface area contributed by atoms with Crippen LogP contribution in [0.5, 0.6) is 0 Å². The van der Waals surface area contributed by atoms with Crippen molar-refractivity contribution in [3.05, 3.63) is 54.1 Å². The first-order chi connectivity index (χ1) is 12.5. The zero-order valence-corrected chi connectivity index (χ0v) is 16.9. The van der Waals surface area contributed by atoms with E-state index in [4.69, 9.17) is 0 Å². The Kier molecular flexibility index (Phi) is 6.27. The number of carbonyl (C=O) groups is 1. The molecule has 2 N–H and O–H groups in total. The van der Waals surface area contributed by atoms with Crippen LogP contribution in [0.4, 0.5) is 5.69 Å². The molecule has 0 radical (unpaired) electrons. The van der Waals surface area contributed by atoms with Crippen molar-refractivity contribution in [1.82, 2.24) is 5.32 Å². The molecule has 2 rings (SSSR count). The molecule has 9 heteroatoms. The van der Waals surface area contributed by atoms with Crippen molar-refractivity contribution in [2.75, 3.05) is 17.5 Å². The Morgan fingerprint density at radius 1 is 0.926 bits per heavy atom. The van der Waals surface area contributed by atoms with Gasteiger partial charge < -0.3 is 5.32 Å². The maximum atomic E-state index is 12.6.